The first-order valence-corrected chi connectivity index (χ1v) is 8.21. The lowest BCUT2D eigenvalue weighted by atomic mass is 9.91. The lowest BCUT2D eigenvalue weighted by molar-refractivity contribution is -0.142. The van der Waals surface area contributed by atoms with Gasteiger partial charge in [0.15, 0.2) is 0 Å². The molecule has 25 heavy (non-hydrogen) atoms. The Bertz CT molecular complexity index is 776. The van der Waals surface area contributed by atoms with Gasteiger partial charge in [-0.2, -0.15) is 0 Å². The maximum Gasteiger partial charge on any atom is 0.309 e. The zero-order valence-corrected chi connectivity index (χ0v) is 13.9. The Morgan fingerprint density at radius 3 is 2.84 bits per heavy atom. The lowest BCUT2D eigenvalue weighted by Gasteiger charge is -2.28. The molecule has 2 heterocycles. The highest BCUT2D eigenvalue weighted by molar-refractivity contribution is 5.87. The Kier molecular flexibility index (Phi) is 4.83. The summed E-state index contributed by atoms with van der Waals surface area (Å²) in [5, 5.41) is 9.54. The van der Waals surface area contributed by atoms with E-state index in [0.717, 1.165) is 0 Å². The summed E-state index contributed by atoms with van der Waals surface area (Å²) in [5.74, 6) is -2.36. The standard InChI is InChI=1S/C18H20FN3O3/c1-12-9-13(19)3-4-14(12)17-15(18(24)25)10-16(23)22(17)7-2-6-21-8-5-20-11-21/h3-5,8-9,11,15,17H,2,6-7,10H2,1H3,(H,24,25)/t15-,17+/m1/s1. The molecule has 0 unspecified atom stereocenters. The molecule has 0 spiro atoms. The zero-order chi connectivity index (χ0) is 18.0. The zero-order valence-electron chi connectivity index (χ0n) is 13.9. The van der Waals surface area contributed by atoms with Gasteiger partial charge in [0.2, 0.25) is 5.91 Å². The SMILES string of the molecule is Cc1cc(F)ccc1[C@H]1[C@H](C(=O)O)CC(=O)N1CCCn1ccnc1. The number of aromatic nitrogens is 2. The molecule has 1 saturated heterocycles. The van der Waals surface area contributed by atoms with Crippen molar-refractivity contribution in [3.05, 3.63) is 53.9 Å². The maximum absolute atomic E-state index is 13.4. The fourth-order valence-corrected chi connectivity index (χ4v) is 3.47. The Hall–Kier alpha value is -2.70. The van der Waals surface area contributed by atoms with Gasteiger partial charge in [-0.05, 0) is 36.6 Å². The van der Waals surface area contributed by atoms with Crippen LogP contribution in [-0.2, 0) is 16.1 Å². The van der Waals surface area contributed by atoms with Gasteiger partial charge in [0.25, 0.3) is 0 Å². The largest absolute Gasteiger partial charge is 0.481 e. The molecule has 1 aliphatic rings. The third-order valence-electron chi connectivity index (χ3n) is 4.67. The van der Waals surface area contributed by atoms with Crippen LogP contribution in [0.3, 0.4) is 0 Å². The number of imidazole rings is 1. The van der Waals surface area contributed by atoms with E-state index in [0.29, 0.717) is 30.6 Å². The molecule has 0 aliphatic carbocycles. The number of likely N-dealkylation sites (tertiary alicyclic amines) is 1. The molecule has 3 rings (SSSR count). The van der Waals surface area contributed by atoms with E-state index in [1.54, 1.807) is 30.4 Å². The van der Waals surface area contributed by atoms with E-state index >= 15 is 0 Å². The molecule has 132 valence electrons. The van der Waals surface area contributed by atoms with Crippen molar-refractivity contribution in [3.63, 3.8) is 0 Å². The van der Waals surface area contributed by atoms with Crippen LogP contribution in [0, 0.1) is 18.7 Å². The van der Waals surface area contributed by atoms with E-state index < -0.39 is 17.9 Å². The molecular weight excluding hydrogens is 325 g/mol. The summed E-state index contributed by atoms with van der Waals surface area (Å²) in [6, 6.07) is 3.72. The predicted molar refractivity (Wildman–Crippen MR) is 88.2 cm³/mol. The van der Waals surface area contributed by atoms with Gasteiger partial charge in [0.1, 0.15) is 5.82 Å². The number of aliphatic carboxylic acids is 1. The molecule has 1 aliphatic heterocycles. The highest BCUT2D eigenvalue weighted by Crippen LogP contribution is 2.39. The van der Waals surface area contributed by atoms with Crippen LogP contribution in [0.15, 0.2) is 36.9 Å². The van der Waals surface area contributed by atoms with E-state index in [2.05, 4.69) is 4.98 Å². The molecule has 6 nitrogen and oxygen atoms in total. The van der Waals surface area contributed by atoms with Gasteiger partial charge in [-0.1, -0.05) is 6.07 Å². The van der Waals surface area contributed by atoms with Crippen LogP contribution in [0.2, 0.25) is 0 Å². The van der Waals surface area contributed by atoms with Crippen molar-refractivity contribution in [2.24, 2.45) is 5.92 Å². The van der Waals surface area contributed by atoms with Gasteiger partial charge in [0, 0.05) is 31.9 Å². The van der Waals surface area contributed by atoms with E-state index in [-0.39, 0.29) is 18.1 Å². The molecule has 1 amide bonds. The van der Waals surface area contributed by atoms with Crippen molar-refractivity contribution in [1.82, 2.24) is 14.5 Å². The minimum Gasteiger partial charge on any atom is -0.481 e. The summed E-state index contributed by atoms with van der Waals surface area (Å²) in [6.07, 6.45) is 5.89. The third kappa shape index (κ3) is 3.55. The lowest BCUT2D eigenvalue weighted by Crippen LogP contribution is -2.32. The highest BCUT2D eigenvalue weighted by Gasteiger charge is 2.44. The molecule has 2 atom stereocenters. The van der Waals surface area contributed by atoms with Crippen LogP contribution in [0.1, 0.15) is 30.0 Å². The Balaban J connectivity index is 1.82. The Morgan fingerprint density at radius 1 is 1.40 bits per heavy atom. The van der Waals surface area contributed by atoms with Crippen LogP contribution < -0.4 is 0 Å². The molecule has 0 saturated carbocycles. The van der Waals surface area contributed by atoms with Crippen molar-refractivity contribution in [3.8, 4) is 0 Å². The summed E-state index contributed by atoms with van der Waals surface area (Å²) in [4.78, 5) is 29.7. The molecule has 7 heteroatoms. The average Bonchev–Trinajstić information content (AvgIpc) is 3.17. The highest BCUT2D eigenvalue weighted by atomic mass is 19.1. The number of benzene rings is 1. The molecule has 0 bridgehead atoms. The number of carbonyl (C=O) groups excluding carboxylic acids is 1. The number of hydrogen-bond acceptors (Lipinski definition) is 3. The van der Waals surface area contributed by atoms with Crippen molar-refractivity contribution in [1.29, 1.82) is 0 Å². The van der Waals surface area contributed by atoms with Crippen LogP contribution in [0.4, 0.5) is 4.39 Å². The normalized spacial score (nSPS) is 20.2. The minimum absolute atomic E-state index is 0.0259. The van der Waals surface area contributed by atoms with Crippen molar-refractivity contribution < 1.29 is 19.1 Å². The molecule has 1 aromatic carbocycles. The smallest absolute Gasteiger partial charge is 0.309 e. The van der Waals surface area contributed by atoms with Gasteiger partial charge in [-0.15, -0.1) is 0 Å². The van der Waals surface area contributed by atoms with Crippen LogP contribution in [-0.4, -0.2) is 38.0 Å². The fourth-order valence-electron chi connectivity index (χ4n) is 3.47. The van der Waals surface area contributed by atoms with Gasteiger partial charge in [0.05, 0.1) is 18.3 Å². The number of nitrogens with zero attached hydrogens (tertiary/aromatic N) is 3. The quantitative estimate of drug-likeness (QED) is 0.872. The number of aryl methyl sites for hydroxylation is 2. The van der Waals surface area contributed by atoms with Crippen molar-refractivity contribution in [2.75, 3.05) is 6.54 Å². The van der Waals surface area contributed by atoms with E-state index in [4.69, 9.17) is 0 Å². The summed E-state index contributed by atoms with van der Waals surface area (Å²) >= 11 is 0. The number of hydrogen-bond donors (Lipinski definition) is 1. The second kappa shape index (κ2) is 7.04. The first-order valence-electron chi connectivity index (χ1n) is 8.21. The minimum atomic E-state index is -1.00. The number of carboxylic acid groups (broad SMARTS) is 1. The first-order chi connectivity index (χ1) is 12.0. The van der Waals surface area contributed by atoms with E-state index in [1.165, 1.54) is 12.1 Å². The van der Waals surface area contributed by atoms with Gasteiger partial charge in [-0.3, -0.25) is 9.59 Å². The number of amides is 1. The van der Waals surface area contributed by atoms with Crippen LogP contribution >= 0.6 is 0 Å². The number of halogens is 1. The summed E-state index contributed by atoms with van der Waals surface area (Å²) in [5.41, 5.74) is 1.35. The summed E-state index contributed by atoms with van der Waals surface area (Å²) in [7, 11) is 0. The molecule has 1 N–H and O–H groups in total. The van der Waals surface area contributed by atoms with Gasteiger partial charge >= 0.3 is 5.97 Å². The molecule has 1 aromatic heterocycles. The van der Waals surface area contributed by atoms with E-state index in [9.17, 15) is 19.1 Å². The second-order valence-electron chi connectivity index (χ2n) is 6.34. The van der Waals surface area contributed by atoms with Crippen molar-refractivity contribution >= 4 is 11.9 Å². The Labute approximate surface area is 144 Å². The average molecular weight is 345 g/mol. The topological polar surface area (TPSA) is 75.4 Å². The second-order valence-corrected chi connectivity index (χ2v) is 6.34. The molecule has 2 aromatic rings. The molecular formula is C18H20FN3O3. The summed E-state index contributed by atoms with van der Waals surface area (Å²) < 4.78 is 15.3. The van der Waals surface area contributed by atoms with Crippen LogP contribution in [0.5, 0.6) is 0 Å². The van der Waals surface area contributed by atoms with E-state index in [1.807, 2.05) is 10.8 Å². The Morgan fingerprint density at radius 2 is 2.20 bits per heavy atom. The van der Waals surface area contributed by atoms with Gasteiger partial charge < -0.3 is 14.6 Å². The molecule has 1 fully saturated rings. The summed E-state index contributed by atoms with van der Waals surface area (Å²) in [6.45, 7) is 2.88. The number of rotatable bonds is 6. The number of carbonyl (C=O) groups is 2. The fraction of sp³-hybridized carbons (Fsp3) is 0.389. The maximum atomic E-state index is 13.4. The monoisotopic (exact) mass is 345 g/mol. The molecule has 0 radical (unpaired) electrons. The van der Waals surface area contributed by atoms with Gasteiger partial charge in [-0.25, -0.2) is 9.37 Å². The predicted octanol–water partition coefficient (Wildman–Crippen LogP) is 2.40. The van der Waals surface area contributed by atoms with Crippen molar-refractivity contribution in [2.45, 2.75) is 32.4 Å². The number of carboxylic acids is 1. The third-order valence-corrected chi connectivity index (χ3v) is 4.67. The van der Waals surface area contributed by atoms with Crippen LogP contribution in [0.25, 0.3) is 0 Å². The first kappa shape index (κ1) is 17.1.